The summed E-state index contributed by atoms with van der Waals surface area (Å²) in [5, 5.41) is 4.17. The van der Waals surface area contributed by atoms with Crippen LogP contribution < -0.4 is 10.5 Å². The molecule has 1 fully saturated rings. The van der Waals surface area contributed by atoms with Gasteiger partial charge >= 0.3 is 0 Å². The molecule has 0 saturated carbocycles. The summed E-state index contributed by atoms with van der Waals surface area (Å²) in [5.41, 5.74) is 7.96. The predicted molar refractivity (Wildman–Crippen MR) is 77.5 cm³/mol. The summed E-state index contributed by atoms with van der Waals surface area (Å²) in [4.78, 5) is 0. The maximum atomic E-state index is 6.01. The maximum Gasteiger partial charge on any atom is 0.129 e. The highest BCUT2D eigenvalue weighted by atomic mass is 16.5. The van der Waals surface area contributed by atoms with E-state index in [1.54, 1.807) is 10.9 Å². The highest BCUT2D eigenvalue weighted by Crippen LogP contribution is 2.28. The van der Waals surface area contributed by atoms with Crippen molar-refractivity contribution in [3.63, 3.8) is 0 Å². The van der Waals surface area contributed by atoms with Crippen molar-refractivity contribution < 1.29 is 9.47 Å². The van der Waals surface area contributed by atoms with Gasteiger partial charge in [-0.3, -0.25) is 4.68 Å². The molecular formula is C15H19N3O2. The lowest BCUT2D eigenvalue weighted by atomic mass is 10.1. The fraction of sp³-hybridized carbons (Fsp3) is 0.400. The number of benzene rings is 1. The molecule has 5 heteroatoms. The Hall–Kier alpha value is -2.01. The van der Waals surface area contributed by atoms with E-state index in [1.165, 1.54) is 0 Å². The van der Waals surface area contributed by atoms with Crippen LogP contribution in [-0.2, 0) is 11.8 Å². The van der Waals surface area contributed by atoms with E-state index in [4.69, 9.17) is 15.2 Å². The Morgan fingerprint density at radius 3 is 3.05 bits per heavy atom. The van der Waals surface area contributed by atoms with E-state index in [0.29, 0.717) is 12.4 Å². The summed E-state index contributed by atoms with van der Waals surface area (Å²) in [7, 11) is 1.83. The van der Waals surface area contributed by atoms with Gasteiger partial charge in [0.15, 0.2) is 0 Å². The van der Waals surface area contributed by atoms with Gasteiger partial charge in [0.05, 0.1) is 12.8 Å². The molecule has 0 amide bonds. The number of hydrogen-bond donors (Lipinski definition) is 1. The Kier molecular flexibility index (Phi) is 3.60. The zero-order valence-corrected chi connectivity index (χ0v) is 11.6. The number of hydrogen-bond acceptors (Lipinski definition) is 4. The lowest BCUT2D eigenvalue weighted by Gasteiger charge is -2.23. The van der Waals surface area contributed by atoms with Crippen LogP contribution in [0.15, 0.2) is 30.5 Å². The van der Waals surface area contributed by atoms with E-state index < -0.39 is 0 Å². The van der Waals surface area contributed by atoms with Gasteiger partial charge in [-0.1, -0.05) is 12.1 Å². The molecule has 1 unspecified atom stereocenters. The van der Waals surface area contributed by atoms with Crippen molar-refractivity contribution >= 4 is 5.82 Å². The third kappa shape index (κ3) is 2.63. The number of nitrogens with zero attached hydrogens (tertiary/aromatic N) is 2. The topological polar surface area (TPSA) is 62.3 Å². The van der Waals surface area contributed by atoms with Gasteiger partial charge in [-0.15, -0.1) is 0 Å². The first kappa shape index (κ1) is 13.0. The lowest BCUT2D eigenvalue weighted by molar-refractivity contribution is 0.00745. The highest BCUT2D eigenvalue weighted by Gasteiger charge is 2.16. The normalized spacial score (nSPS) is 18.9. The van der Waals surface area contributed by atoms with Crippen molar-refractivity contribution in [2.24, 2.45) is 7.05 Å². The van der Waals surface area contributed by atoms with E-state index in [0.717, 1.165) is 36.3 Å². The molecule has 0 radical (unpaired) electrons. The monoisotopic (exact) mass is 273 g/mol. The average molecular weight is 273 g/mol. The number of nitrogen functional groups attached to an aromatic ring is 1. The Bertz CT molecular complexity index is 589. The molecule has 1 aromatic heterocycles. The van der Waals surface area contributed by atoms with E-state index in [9.17, 15) is 0 Å². The van der Waals surface area contributed by atoms with Crippen molar-refractivity contribution in [3.8, 4) is 16.9 Å². The minimum Gasteiger partial charge on any atom is -0.488 e. The van der Waals surface area contributed by atoms with Crippen molar-refractivity contribution in [2.45, 2.75) is 18.9 Å². The second-order valence-electron chi connectivity index (χ2n) is 5.05. The van der Waals surface area contributed by atoms with Crippen LogP contribution in [0.2, 0.25) is 0 Å². The van der Waals surface area contributed by atoms with Crippen molar-refractivity contribution in [2.75, 3.05) is 18.9 Å². The molecule has 1 aliphatic rings. The summed E-state index contributed by atoms with van der Waals surface area (Å²) < 4.78 is 13.1. The van der Waals surface area contributed by atoms with Gasteiger partial charge in [0.25, 0.3) is 0 Å². The van der Waals surface area contributed by atoms with E-state index in [-0.39, 0.29) is 6.10 Å². The molecule has 1 atom stereocenters. The van der Waals surface area contributed by atoms with Crippen LogP contribution in [0.1, 0.15) is 12.8 Å². The summed E-state index contributed by atoms with van der Waals surface area (Å²) in [6, 6.07) is 7.95. The van der Waals surface area contributed by atoms with Crippen molar-refractivity contribution in [1.29, 1.82) is 0 Å². The Morgan fingerprint density at radius 1 is 1.45 bits per heavy atom. The van der Waals surface area contributed by atoms with E-state index >= 15 is 0 Å². The molecular weight excluding hydrogens is 254 g/mol. The summed E-state index contributed by atoms with van der Waals surface area (Å²) >= 11 is 0. The smallest absolute Gasteiger partial charge is 0.129 e. The molecule has 1 aromatic carbocycles. The fourth-order valence-corrected chi connectivity index (χ4v) is 2.40. The number of aromatic nitrogens is 2. The quantitative estimate of drug-likeness (QED) is 0.931. The molecule has 1 aliphatic heterocycles. The van der Waals surface area contributed by atoms with Crippen LogP contribution in [0.3, 0.4) is 0 Å². The molecule has 5 nitrogen and oxygen atoms in total. The molecule has 2 N–H and O–H groups in total. The van der Waals surface area contributed by atoms with Gasteiger partial charge in [0.1, 0.15) is 17.7 Å². The summed E-state index contributed by atoms with van der Waals surface area (Å²) in [5.74, 6) is 1.50. The second kappa shape index (κ2) is 5.54. The maximum absolute atomic E-state index is 6.01. The molecule has 0 bridgehead atoms. The van der Waals surface area contributed by atoms with Crippen molar-refractivity contribution in [1.82, 2.24) is 9.78 Å². The van der Waals surface area contributed by atoms with Gasteiger partial charge in [0, 0.05) is 19.2 Å². The zero-order chi connectivity index (χ0) is 13.9. The first-order valence-corrected chi connectivity index (χ1v) is 6.86. The minimum absolute atomic E-state index is 0.144. The number of anilines is 1. The molecule has 3 rings (SSSR count). The highest BCUT2D eigenvalue weighted by molar-refractivity contribution is 5.74. The summed E-state index contributed by atoms with van der Waals surface area (Å²) in [6.45, 7) is 1.51. The first-order valence-electron chi connectivity index (χ1n) is 6.86. The number of rotatable bonds is 3. The van der Waals surface area contributed by atoms with Crippen LogP contribution in [0.25, 0.3) is 11.1 Å². The van der Waals surface area contributed by atoms with Crippen LogP contribution in [-0.4, -0.2) is 29.1 Å². The average Bonchev–Trinajstić information content (AvgIpc) is 2.80. The van der Waals surface area contributed by atoms with E-state index in [2.05, 4.69) is 5.10 Å². The van der Waals surface area contributed by atoms with Gasteiger partial charge in [-0.25, -0.2) is 0 Å². The van der Waals surface area contributed by atoms with Crippen molar-refractivity contribution in [3.05, 3.63) is 30.5 Å². The van der Waals surface area contributed by atoms with Gasteiger partial charge in [-0.05, 0) is 30.5 Å². The molecule has 20 heavy (non-hydrogen) atoms. The third-order valence-electron chi connectivity index (χ3n) is 3.55. The molecule has 0 spiro atoms. The Morgan fingerprint density at radius 2 is 2.35 bits per heavy atom. The third-order valence-corrected chi connectivity index (χ3v) is 3.55. The van der Waals surface area contributed by atoms with Gasteiger partial charge < -0.3 is 15.2 Å². The van der Waals surface area contributed by atoms with Crippen LogP contribution in [0, 0.1) is 0 Å². The largest absolute Gasteiger partial charge is 0.488 e. The molecule has 2 aromatic rings. The molecule has 2 heterocycles. The number of ether oxygens (including phenoxy) is 2. The number of aryl methyl sites for hydroxylation is 1. The van der Waals surface area contributed by atoms with Crippen LogP contribution >= 0.6 is 0 Å². The van der Waals surface area contributed by atoms with Gasteiger partial charge in [0.2, 0.25) is 0 Å². The van der Waals surface area contributed by atoms with Crippen LogP contribution in [0.4, 0.5) is 5.82 Å². The fourth-order valence-electron chi connectivity index (χ4n) is 2.40. The molecule has 106 valence electrons. The Labute approximate surface area is 118 Å². The van der Waals surface area contributed by atoms with Crippen LogP contribution in [0.5, 0.6) is 5.75 Å². The first-order chi connectivity index (χ1) is 9.74. The lowest BCUT2D eigenvalue weighted by Crippen LogP contribution is -2.27. The van der Waals surface area contributed by atoms with Gasteiger partial charge in [-0.2, -0.15) is 5.10 Å². The second-order valence-corrected chi connectivity index (χ2v) is 5.05. The SMILES string of the molecule is Cn1ncc(-c2cccc(OC3CCCOC3)c2)c1N. The standard InChI is InChI=1S/C15H19N3O2/c1-18-15(16)14(9-17-18)11-4-2-5-12(8-11)20-13-6-3-7-19-10-13/h2,4-5,8-9,13H,3,6-7,10,16H2,1H3. The molecule has 0 aliphatic carbocycles. The van der Waals surface area contributed by atoms with E-state index in [1.807, 2.05) is 31.3 Å². The minimum atomic E-state index is 0.144. The Balaban J connectivity index is 1.80. The number of nitrogens with two attached hydrogens (primary N) is 1. The summed E-state index contributed by atoms with van der Waals surface area (Å²) in [6.07, 6.45) is 4.02. The predicted octanol–water partition coefficient (Wildman–Crippen LogP) is 2.23. The molecule has 1 saturated heterocycles. The zero-order valence-electron chi connectivity index (χ0n) is 11.6.